The van der Waals surface area contributed by atoms with Gasteiger partial charge in [0.2, 0.25) is 5.91 Å². The van der Waals surface area contributed by atoms with Gasteiger partial charge in [0.05, 0.1) is 5.92 Å². The Kier molecular flexibility index (Phi) is 5.09. The zero-order valence-corrected chi connectivity index (χ0v) is 10.2. The van der Waals surface area contributed by atoms with Crippen LogP contribution in [0.5, 0.6) is 0 Å². The summed E-state index contributed by atoms with van der Waals surface area (Å²) < 4.78 is 0. The summed E-state index contributed by atoms with van der Waals surface area (Å²) >= 11 is 0. The first kappa shape index (κ1) is 12.5. The lowest BCUT2D eigenvalue weighted by Gasteiger charge is -2.14. The largest absolute Gasteiger partial charge is 0.356 e. The van der Waals surface area contributed by atoms with E-state index in [1.54, 1.807) is 0 Å². The third-order valence-electron chi connectivity index (χ3n) is 3.11. The van der Waals surface area contributed by atoms with E-state index in [1.807, 2.05) is 0 Å². The minimum Gasteiger partial charge on any atom is -0.356 e. The third-order valence-corrected chi connectivity index (χ3v) is 3.11. The molecule has 0 aromatic heterocycles. The molecule has 2 unspecified atom stereocenters. The van der Waals surface area contributed by atoms with Crippen LogP contribution in [-0.4, -0.2) is 25.5 Å². The fraction of sp³-hybridized carbons (Fsp3) is 0.917. The molecule has 15 heavy (non-hydrogen) atoms. The second-order valence-electron chi connectivity index (χ2n) is 5.07. The average Bonchev–Trinajstić information content (AvgIpc) is 2.58. The Morgan fingerprint density at radius 3 is 2.73 bits per heavy atom. The first-order valence-electron chi connectivity index (χ1n) is 6.09. The number of carbonyl (C=O) groups excluding carboxylic acids is 1. The van der Waals surface area contributed by atoms with E-state index in [-0.39, 0.29) is 11.8 Å². The summed E-state index contributed by atoms with van der Waals surface area (Å²) in [4.78, 5) is 11.7. The van der Waals surface area contributed by atoms with Gasteiger partial charge >= 0.3 is 0 Å². The highest BCUT2D eigenvalue weighted by Crippen LogP contribution is 2.15. The monoisotopic (exact) mass is 212 g/mol. The Morgan fingerprint density at radius 1 is 1.47 bits per heavy atom. The maximum Gasteiger partial charge on any atom is 0.224 e. The van der Waals surface area contributed by atoms with Crippen molar-refractivity contribution < 1.29 is 4.79 Å². The molecule has 1 fully saturated rings. The van der Waals surface area contributed by atoms with Gasteiger partial charge in [0.15, 0.2) is 0 Å². The number of nitrogens with one attached hydrogen (secondary N) is 2. The smallest absolute Gasteiger partial charge is 0.224 e. The summed E-state index contributed by atoms with van der Waals surface area (Å²) in [6.45, 7) is 9.22. The van der Waals surface area contributed by atoms with Crippen LogP contribution in [0.15, 0.2) is 0 Å². The molecule has 1 heterocycles. The topological polar surface area (TPSA) is 41.1 Å². The van der Waals surface area contributed by atoms with E-state index in [2.05, 4.69) is 31.4 Å². The fourth-order valence-corrected chi connectivity index (χ4v) is 2.01. The number of carbonyl (C=O) groups is 1. The molecule has 0 bridgehead atoms. The van der Waals surface area contributed by atoms with E-state index in [9.17, 15) is 4.79 Å². The van der Waals surface area contributed by atoms with Crippen LogP contribution in [0.25, 0.3) is 0 Å². The van der Waals surface area contributed by atoms with E-state index >= 15 is 0 Å². The van der Waals surface area contributed by atoms with Crippen molar-refractivity contribution in [2.24, 2.45) is 17.8 Å². The second kappa shape index (κ2) is 6.11. The summed E-state index contributed by atoms with van der Waals surface area (Å²) in [5, 5.41) is 6.28. The van der Waals surface area contributed by atoms with Crippen molar-refractivity contribution in [1.82, 2.24) is 10.6 Å². The molecule has 1 aliphatic rings. The van der Waals surface area contributed by atoms with Gasteiger partial charge in [0.25, 0.3) is 0 Å². The van der Waals surface area contributed by atoms with E-state index in [4.69, 9.17) is 0 Å². The van der Waals surface area contributed by atoms with Crippen molar-refractivity contribution in [3.05, 3.63) is 0 Å². The summed E-state index contributed by atoms with van der Waals surface area (Å²) in [6, 6.07) is 0. The number of rotatable bonds is 5. The molecule has 2 atom stereocenters. The minimum absolute atomic E-state index is 0.184. The molecule has 1 saturated heterocycles. The zero-order chi connectivity index (χ0) is 11.3. The van der Waals surface area contributed by atoms with Crippen LogP contribution >= 0.6 is 0 Å². The highest BCUT2D eigenvalue weighted by atomic mass is 16.1. The SMILES string of the molecule is CC(C)CCCNC(=O)C1CNCC1C. The second-order valence-corrected chi connectivity index (χ2v) is 5.07. The van der Waals surface area contributed by atoms with Crippen LogP contribution < -0.4 is 10.6 Å². The molecule has 1 amide bonds. The van der Waals surface area contributed by atoms with Gasteiger partial charge in [-0.25, -0.2) is 0 Å². The molecule has 2 N–H and O–H groups in total. The minimum atomic E-state index is 0.184. The highest BCUT2D eigenvalue weighted by molar-refractivity contribution is 5.79. The Bertz CT molecular complexity index is 204. The zero-order valence-electron chi connectivity index (χ0n) is 10.2. The lowest BCUT2D eigenvalue weighted by atomic mass is 9.97. The summed E-state index contributed by atoms with van der Waals surface area (Å²) in [7, 11) is 0. The normalized spacial score (nSPS) is 25.9. The Morgan fingerprint density at radius 2 is 2.20 bits per heavy atom. The van der Waals surface area contributed by atoms with Crippen LogP contribution in [0.1, 0.15) is 33.6 Å². The quantitative estimate of drug-likeness (QED) is 0.676. The molecular weight excluding hydrogens is 188 g/mol. The highest BCUT2D eigenvalue weighted by Gasteiger charge is 2.28. The predicted molar refractivity (Wildman–Crippen MR) is 62.6 cm³/mol. The molecule has 3 nitrogen and oxygen atoms in total. The van der Waals surface area contributed by atoms with E-state index in [1.165, 1.54) is 6.42 Å². The third kappa shape index (κ3) is 4.20. The molecule has 0 spiro atoms. The lowest BCUT2D eigenvalue weighted by Crippen LogP contribution is -2.34. The molecule has 0 saturated carbocycles. The summed E-state index contributed by atoms with van der Waals surface area (Å²) in [6.07, 6.45) is 2.29. The van der Waals surface area contributed by atoms with Crippen molar-refractivity contribution in [3.8, 4) is 0 Å². The maximum atomic E-state index is 11.7. The Labute approximate surface area is 93.0 Å². The molecule has 0 aromatic carbocycles. The van der Waals surface area contributed by atoms with E-state index < -0.39 is 0 Å². The maximum absolute atomic E-state index is 11.7. The predicted octanol–water partition coefficient (Wildman–Crippen LogP) is 1.39. The van der Waals surface area contributed by atoms with Crippen molar-refractivity contribution in [1.29, 1.82) is 0 Å². The molecule has 3 heteroatoms. The first-order valence-corrected chi connectivity index (χ1v) is 6.09. The van der Waals surface area contributed by atoms with Crippen molar-refractivity contribution >= 4 is 5.91 Å². The van der Waals surface area contributed by atoms with Gasteiger partial charge < -0.3 is 10.6 Å². The fourth-order valence-electron chi connectivity index (χ4n) is 2.01. The summed E-state index contributed by atoms with van der Waals surface area (Å²) in [5.74, 6) is 1.63. The molecule has 0 aromatic rings. The summed E-state index contributed by atoms with van der Waals surface area (Å²) in [5.41, 5.74) is 0. The Hall–Kier alpha value is -0.570. The molecular formula is C12H24N2O. The van der Waals surface area contributed by atoms with Gasteiger partial charge in [0.1, 0.15) is 0 Å². The van der Waals surface area contributed by atoms with Gasteiger partial charge in [0, 0.05) is 13.1 Å². The van der Waals surface area contributed by atoms with Gasteiger partial charge in [-0.2, -0.15) is 0 Å². The van der Waals surface area contributed by atoms with Crippen molar-refractivity contribution in [3.63, 3.8) is 0 Å². The van der Waals surface area contributed by atoms with E-state index in [0.717, 1.165) is 32.0 Å². The molecule has 88 valence electrons. The molecule has 1 aliphatic heterocycles. The van der Waals surface area contributed by atoms with Crippen LogP contribution in [0, 0.1) is 17.8 Å². The van der Waals surface area contributed by atoms with Crippen LogP contribution in [0.4, 0.5) is 0 Å². The first-order chi connectivity index (χ1) is 7.11. The van der Waals surface area contributed by atoms with Gasteiger partial charge in [-0.15, -0.1) is 0 Å². The van der Waals surface area contributed by atoms with Crippen LogP contribution in [0.2, 0.25) is 0 Å². The number of hydrogen-bond donors (Lipinski definition) is 2. The van der Waals surface area contributed by atoms with Crippen LogP contribution in [0.3, 0.4) is 0 Å². The standard InChI is InChI=1S/C12H24N2O/c1-9(2)5-4-6-14-12(15)11-8-13-7-10(11)3/h9-11,13H,4-8H2,1-3H3,(H,14,15). The molecule has 0 aliphatic carbocycles. The van der Waals surface area contributed by atoms with Crippen LogP contribution in [-0.2, 0) is 4.79 Å². The lowest BCUT2D eigenvalue weighted by molar-refractivity contribution is -0.125. The molecule has 0 radical (unpaired) electrons. The number of amides is 1. The van der Waals surface area contributed by atoms with Gasteiger partial charge in [-0.1, -0.05) is 20.8 Å². The average molecular weight is 212 g/mol. The van der Waals surface area contributed by atoms with Crippen molar-refractivity contribution in [2.75, 3.05) is 19.6 Å². The van der Waals surface area contributed by atoms with Gasteiger partial charge in [-0.3, -0.25) is 4.79 Å². The molecule has 1 rings (SSSR count). The number of hydrogen-bond acceptors (Lipinski definition) is 2. The van der Waals surface area contributed by atoms with Crippen molar-refractivity contribution in [2.45, 2.75) is 33.6 Å². The van der Waals surface area contributed by atoms with Gasteiger partial charge in [-0.05, 0) is 31.2 Å². The Balaban J connectivity index is 2.13. The van der Waals surface area contributed by atoms with E-state index in [0.29, 0.717) is 5.92 Å².